The van der Waals surface area contributed by atoms with Gasteiger partial charge in [-0.2, -0.15) is 0 Å². The second kappa shape index (κ2) is 44.8. The molecular weight excluding hydrogens is 770 g/mol. The lowest BCUT2D eigenvalue weighted by atomic mass is 10.0. The lowest BCUT2D eigenvalue weighted by molar-refractivity contribution is -0.870. The van der Waals surface area contributed by atoms with Crippen molar-refractivity contribution in [2.75, 3.05) is 54.1 Å². The molecule has 0 aliphatic heterocycles. The van der Waals surface area contributed by atoms with E-state index in [9.17, 15) is 14.3 Å². The molecule has 0 heterocycles. The summed E-state index contributed by atoms with van der Waals surface area (Å²) in [6, 6.07) is 0. The van der Waals surface area contributed by atoms with Gasteiger partial charge in [0.1, 0.15) is 19.3 Å². The highest BCUT2D eigenvalue weighted by Gasteiger charge is 2.20. The lowest BCUT2D eigenvalue weighted by Crippen LogP contribution is -2.37. The lowest BCUT2D eigenvalue weighted by Gasteiger charge is -2.28. The Morgan fingerprint density at radius 3 is 1.28 bits per heavy atom. The number of quaternary nitrogens is 1. The Morgan fingerprint density at radius 2 is 0.867 bits per heavy atom. The van der Waals surface area contributed by atoms with Crippen LogP contribution in [-0.4, -0.2) is 70.7 Å². The van der Waals surface area contributed by atoms with Crippen LogP contribution in [0.25, 0.3) is 0 Å². The fourth-order valence-corrected chi connectivity index (χ4v) is 8.27. The van der Waals surface area contributed by atoms with Crippen molar-refractivity contribution in [3.05, 3.63) is 12.2 Å². The van der Waals surface area contributed by atoms with Gasteiger partial charge < -0.3 is 27.9 Å². The number of rotatable bonds is 49. The first-order chi connectivity index (χ1) is 29.1. The molecule has 9 heteroatoms. The molecule has 0 fully saturated rings. The molecule has 0 aliphatic carbocycles. The Labute approximate surface area is 373 Å². The van der Waals surface area contributed by atoms with Gasteiger partial charge in [-0.05, 0) is 38.5 Å². The molecule has 0 rings (SSSR count). The zero-order valence-corrected chi connectivity index (χ0v) is 41.6. The van der Waals surface area contributed by atoms with Crippen LogP contribution in [0.15, 0.2) is 12.2 Å². The zero-order chi connectivity index (χ0) is 44.1. The normalized spacial score (nSPS) is 13.6. The van der Waals surface area contributed by atoms with Crippen LogP contribution in [0.5, 0.6) is 0 Å². The second-order valence-corrected chi connectivity index (χ2v) is 20.3. The van der Waals surface area contributed by atoms with E-state index in [2.05, 4.69) is 26.0 Å². The van der Waals surface area contributed by atoms with Crippen molar-refractivity contribution in [1.29, 1.82) is 0 Å². The summed E-state index contributed by atoms with van der Waals surface area (Å²) in [6.07, 6.45) is 51.0. The molecule has 2 atom stereocenters. The van der Waals surface area contributed by atoms with Crippen LogP contribution in [0.1, 0.15) is 251 Å². The van der Waals surface area contributed by atoms with E-state index in [-0.39, 0.29) is 25.8 Å². The van der Waals surface area contributed by atoms with E-state index < -0.39 is 13.9 Å². The SMILES string of the molecule is CCCCCC/C=C\CCCCCCCCOCC(COP(=O)([O-])OCC[N+](C)(C)C)OC(=O)CCCCCCCCCCCCCCCCCCCCCCCCCC. The van der Waals surface area contributed by atoms with Gasteiger partial charge in [0.2, 0.25) is 0 Å². The molecule has 8 nitrogen and oxygen atoms in total. The number of phosphoric acid groups is 1. The van der Waals surface area contributed by atoms with E-state index >= 15 is 0 Å². The highest BCUT2D eigenvalue weighted by molar-refractivity contribution is 7.45. The third-order valence-electron chi connectivity index (χ3n) is 11.6. The summed E-state index contributed by atoms with van der Waals surface area (Å²) in [7, 11) is 1.37. The van der Waals surface area contributed by atoms with Crippen molar-refractivity contribution < 1.29 is 37.3 Å². The summed E-state index contributed by atoms with van der Waals surface area (Å²) in [5, 5.41) is 0. The number of nitrogens with zero attached hydrogens (tertiary/aromatic N) is 1. The van der Waals surface area contributed by atoms with Gasteiger partial charge in [0.15, 0.2) is 0 Å². The van der Waals surface area contributed by atoms with Gasteiger partial charge in [-0.25, -0.2) is 0 Å². The molecule has 0 saturated carbocycles. The monoisotopic (exact) mass is 872 g/mol. The summed E-state index contributed by atoms with van der Waals surface area (Å²) in [5.74, 6) is -0.330. The second-order valence-electron chi connectivity index (χ2n) is 18.9. The maximum absolute atomic E-state index is 12.7. The summed E-state index contributed by atoms with van der Waals surface area (Å²) in [4.78, 5) is 25.1. The minimum atomic E-state index is -4.52. The number of likely N-dealkylation sites (N-methyl/N-ethyl adjacent to an activating group) is 1. The Morgan fingerprint density at radius 1 is 0.500 bits per heavy atom. The molecule has 0 aromatic heterocycles. The fourth-order valence-electron chi connectivity index (χ4n) is 7.54. The average molecular weight is 872 g/mol. The molecule has 0 saturated heterocycles. The quantitative estimate of drug-likeness (QED) is 0.0198. The summed E-state index contributed by atoms with van der Waals surface area (Å²) in [5.41, 5.74) is 0. The standard InChI is InChI=1S/C51H102NO7P/c1-6-8-10-12-14-16-18-20-22-23-24-25-26-27-28-29-30-31-32-34-36-38-40-42-44-51(53)59-50(49-58-60(54,55)57-47-45-52(3,4)5)48-56-46-43-41-39-37-35-33-21-19-17-15-13-11-9-7-2/h17,19,50H,6-16,18,20-49H2,1-5H3/b19-17-. The van der Waals surface area contributed by atoms with E-state index in [1.54, 1.807) is 0 Å². The van der Waals surface area contributed by atoms with Crippen molar-refractivity contribution in [1.82, 2.24) is 0 Å². The molecule has 0 aromatic carbocycles. The fraction of sp³-hybridized carbons (Fsp3) is 0.941. The molecule has 2 unspecified atom stereocenters. The van der Waals surface area contributed by atoms with Crippen LogP contribution >= 0.6 is 7.82 Å². The van der Waals surface area contributed by atoms with Crippen molar-refractivity contribution in [2.24, 2.45) is 0 Å². The van der Waals surface area contributed by atoms with Crippen molar-refractivity contribution in [2.45, 2.75) is 258 Å². The molecule has 60 heavy (non-hydrogen) atoms. The topological polar surface area (TPSA) is 94.1 Å². The first-order valence-corrected chi connectivity index (χ1v) is 27.4. The predicted molar refractivity (Wildman–Crippen MR) is 254 cm³/mol. The number of hydrogen-bond donors (Lipinski definition) is 0. The number of esters is 1. The minimum Gasteiger partial charge on any atom is -0.756 e. The largest absolute Gasteiger partial charge is 0.756 e. The highest BCUT2D eigenvalue weighted by Crippen LogP contribution is 2.38. The van der Waals surface area contributed by atoms with E-state index in [0.29, 0.717) is 24.1 Å². The predicted octanol–water partition coefficient (Wildman–Crippen LogP) is 15.2. The first kappa shape index (κ1) is 59.2. The van der Waals surface area contributed by atoms with Crippen molar-refractivity contribution in [3.8, 4) is 0 Å². The number of unbranched alkanes of at least 4 members (excludes halogenated alkanes) is 33. The third-order valence-corrected chi connectivity index (χ3v) is 12.5. The smallest absolute Gasteiger partial charge is 0.306 e. The van der Waals surface area contributed by atoms with Crippen LogP contribution in [0.3, 0.4) is 0 Å². The number of phosphoric ester groups is 1. The summed E-state index contributed by atoms with van der Waals surface area (Å²) in [6.45, 7) is 5.44. The van der Waals surface area contributed by atoms with Gasteiger partial charge in [-0.15, -0.1) is 0 Å². The molecule has 0 aliphatic rings. The molecule has 0 amide bonds. The van der Waals surface area contributed by atoms with E-state index in [1.807, 2.05) is 21.1 Å². The average Bonchev–Trinajstić information content (AvgIpc) is 3.20. The Bertz CT molecular complexity index is 972. The minimum absolute atomic E-state index is 0.0284. The number of carbonyl (C=O) groups is 1. The molecule has 0 N–H and O–H groups in total. The van der Waals surface area contributed by atoms with Gasteiger partial charge in [0.25, 0.3) is 7.82 Å². The molecule has 0 radical (unpaired) electrons. The molecule has 0 spiro atoms. The zero-order valence-electron chi connectivity index (χ0n) is 40.7. The van der Waals surface area contributed by atoms with Gasteiger partial charge >= 0.3 is 5.97 Å². The molecule has 0 bridgehead atoms. The van der Waals surface area contributed by atoms with Crippen LogP contribution in [0.4, 0.5) is 0 Å². The maximum atomic E-state index is 12.7. The van der Waals surface area contributed by atoms with Crippen molar-refractivity contribution in [3.63, 3.8) is 0 Å². The van der Waals surface area contributed by atoms with E-state index in [1.165, 1.54) is 199 Å². The molecule has 0 aromatic rings. The number of allylic oxidation sites excluding steroid dienone is 2. The summed E-state index contributed by atoms with van der Waals surface area (Å²) < 4.78 is 34.7. The van der Waals surface area contributed by atoms with E-state index in [0.717, 1.165) is 32.1 Å². The van der Waals surface area contributed by atoms with Gasteiger partial charge in [0.05, 0.1) is 34.4 Å². The van der Waals surface area contributed by atoms with E-state index in [4.69, 9.17) is 18.5 Å². The number of carbonyl (C=O) groups excluding carboxylic acids is 1. The first-order valence-electron chi connectivity index (χ1n) is 25.9. The summed E-state index contributed by atoms with van der Waals surface area (Å²) >= 11 is 0. The van der Waals surface area contributed by atoms with Gasteiger partial charge in [-0.3, -0.25) is 9.36 Å². The number of ether oxygens (including phenoxy) is 2. The Hall–Kier alpha value is -0.760. The molecular formula is C51H102NO7P. The Balaban J connectivity index is 4.04. The van der Waals surface area contributed by atoms with Gasteiger partial charge in [0, 0.05) is 13.0 Å². The molecule has 358 valence electrons. The number of hydrogen-bond acceptors (Lipinski definition) is 7. The van der Waals surface area contributed by atoms with Crippen molar-refractivity contribution >= 4 is 13.8 Å². The van der Waals surface area contributed by atoms with Gasteiger partial charge in [-0.1, -0.05) is 219 Å². The Kier molecular flexibility index (Phi) is 44.3. The highest BCUT2D eigenvalue weighted by atomic mass is 31.2. The van der Waals surface area contributed by atoms with Crippen LogP contribution < -0.4 is 4.89 Å². The van der Waals surface area contributed by atoms with Crippen LogP contribution in [-0.2, 0) is 27.9 Å². The third kappa shape index (κ3) is 48.3. The maximum Gasteiger partial charge on any atom is 0.306 e. The van der Waals surface area contributed by atoms with Crippen LogP contribution in [0.2, 0.25) is 0 Å². The van der Waals surface area contributed by atoms with Crippen LogP contribution in [0, 0.1) is 0 Å².